The van der Waals surface area contributed by atoms with E-state index in [1.807, 2.05) is 0 Å². The van der Waals surface area contributed by atoms with Crippen molar-refractivity contribution in [3.05, 3.63) is 59.0 Å². The number of fused-ring (bicyclic) bond motifs is 1. The summed E-state index contributed by atoms with van der Waals surface area (Å²) in [5.74, 6) is -1.43. The highest BCUT2D eigenvalue weighted by Crippen LogP contribution is 2.29. The average molecular weight is 290 g/mol. The normalized spacial score (nSPS) is 10.9. The van der Waals surface area contributed by atoms with Gasteiger partial charge in [-0.1, -0.05) is 17.7 Å². The molecule has 0 saturated carbocycles. The molecule has 0 unspecified atom stereocenters. The Morgan fingerprint density at radius 3 is 2.75 bits per heavy atom. The number of aromatic nitrogens is 1. The van der Waals surface area contributed by atoms with Crippen molar-refractivity contribution in [1.82, 2.24) is 4.98 Å². The van der Waals surface area contributed by atoms with Gasteiger partial charge >= 0.3 is 5.97 Å². The predicted octanol–water partition coefficient (Wildman–Crippen LogP) is 4.33. The Morgan fingerprint density at radius 1 is 1.20 bits per heavy atom. The number of benzene rings is 2. The molecule has 3 rings (SSSR count). The van der Waals surface area contributed by atoms with Crippen molar-refractivity contribution in [2.45, 2.75) is 0 Å². The molecule has 0 amide bonds. The SMILES string of the molecule is O=C(O)c1c[nH]c2ccc(-c3cc(Cl)ccc3F)cc12. The second-order valence-corrected chi connectivity index (χ2v) is 4.83. The molecule has 0 fully saturated rings. The first-order valence-electron chi connectivity index (χ1n) is 5.86. The molecule has 3 nitrogen and oxygen atoms in total. The third-order valence-corrected chi connectivity index (χ3v) is 3.39. The van der Waals surface area contributed by atoms with E-state index in [1.54, 1.807) is 18.2 Å². The van der Waals surface area contributed by atoms with Crippen LogP contribution in [0, 0.1) is 5.82 Å². The Morgan fingerprint density at radius 2 is 2.00 bits per heavy atom. The molecular formula is C15H9ClFNO2. The van der Waals surface area contributed by atoms with Crippen LogP contribution >= 0.6 is 11.6 Å². The summed E-state index contributed by atoms with van der Waals surface area (Å²) in [6, 6.07) is 9.36. The Kier molecular flexibility index (Phi) is 2.95. The van der Waals surface area contributed by atoms with Gasteiger partial charge in [-0.3, -0.25) is 0 Å². The lowest BCUT2D eigenvalue weighted by atomic mass is 10.0. The maximum atomic E-state index is 13.9. The van der Waals surface area contributed by atoms with Crippen LogP contribution in [0.4, 0.5) is 4.39 Å². The number of carboxylic acids is 1. The number of aromatic carboxylic acids is 1. The summed E-state index contributed by atoms with van der Waals surface area (Å²) in [6.07, 6.45) is 1.42. The summed E-state index contributed by atoms with van der Waals surface area (Å²) < 4.78 is 13.9. The number of aromatic amines is 1. The fraction of sp³-hybridized carbons (Fsp3) is 0. The molecule has 0 atom stereocenters. The van der Waals surface area contributed by atoms with Crippen LogP contribution in [0.1, 0.15) is 10.4 Å². The standard InChI is InChI=1S/C15H9ClFNO2/c16-9-2-3-13(17)10(6-9)8-1-4-14-11(5-8)12(7-18-14)15(19)20/h1-7,18H,(H,19,20). The Hall–Kier alpha value is -2.33. The highest BCUT2D eigenvalue weighted by Gasteiger charge is 2.13. The molecule has 0 aliphatic heterocycles. The predicted molar refractivity (Wildman–Crippen MR) is 75.7 cm³/mol. The maximum Gasteiger partial charge on any atom is 0.337 e. The lowest BCUT2D eigenvalue weighted by molar-refractivity contribution is 0.0699. The minimum atomic E-state index is -1.03. The molecule has 1 aromatic heterocycles. The lowest BCUT2D eigenvalue weighted by Crippen LogP contribution is -1.93. The van der Waals surface area contributed by atoms with Crippen molar-refractivity contribution in [1.29, 1.82) is 0 Å². The van der Waals surface area contributed by atoms with Crippen molar-refractivity contribution in [3.8, 4) is 11.1 Å². The second kappa shape index (κ2) is 4.65. The second-order valence-electron chi connectivity index (χ2n) is 4.39. The van der Waals surface area contributed by atoms with Crippen molar-refractivity contribution < 1.29 is 14.3 Å². The van der Waals surface area contributed by atoms with Gasteiger partial charge in [0.05, 0.1) is 5.56 Å². The van der Waals surface area contributed by atoms with Gasteiger partial charge in [0.1, 0.15) is 5.82 Å². The van der Waals surface area contributed by atoms with Gasteiger partial charge in [-0.15, -0.1) is 0 Å². The minimum Gasteiger partial charge on any atom is -0.478 e. The molecule has 3 aromatic rings. The zero-order chi connectivity index (χ0) is 14.3. The Bertz CT molecular complexity index is 826. The largest absolute Gasteiger partial charge is 0.478 e. The average Bonchev–Trinajstić information content (AvgIpc) is 2.84. The van der Waals surface area contributed by atoms with Crippen LogP contribution in [0.3, 0.4) is 0 Å². The number of halogens is 2. The van der Waals surface area contributed by atoms with Gasteiger partial charge in [-0.25, -0.2) is 9.18 Å². The van der Waals surface area contributed by atoms with E-state index in [1.165, 1.54) is 24.4 Å². The van der Waals surface area contributed by atoms with Crippen molar-refractivity contribution in [2.75, 3.05) is 0 Å². The van der Waals surface area contributed by atoms with Gasteiger partial charge in [0.25, 0.3) is 0 Å². The van der Waals surface area contributed by atoms with E-state index in [4.69, 9.17) is 16.7 Å². The number of nitrogens with one attached hydrogen (secondary N) is 1. The third kappa shape index (κ3) is 2.04. The molecule has 0 bridgehead atoms. The van der Waals surface area contributed by atoms with Gasteiger partial charge in [-0.2, -0.15) is 0 Å². The fourth-order valence-corrected chi connectivity index (χ4v) is 2.36. The van der Waals surface area contributed by atoms with E-state index in [9.17, 15) is 9.18 Å². The summed E-state index contributed by atoms with van der Waals surface area (Å²) in [4.78, 5) is 14.0. The quantitative estimate of drug-likeness (QED) is 0.738. The number of carbonyl (C=O) groups is 1. The molecule has 2 aromatic carbocycles. The van der Waals surface area contributed by atoms with E-state index < -0.39 is 11.8 Å². The van der Waals surface area contributed by atoms with Crippen LogP contribution in [0.15, 0.2) is 42.6 Å². The number of carboxylic acid groups (broad SMARTS) is 1. The van der Waals surface area contributed by atoms with E-state index in [2.05, 4.69) is 4.98 Å². The first kappa shape index (κ1) is 12.7. The summed E-state index contributed by atoms with van der Waals surface area (Å²) >= 11 is 5.88. The monoisotopic (exact) mass is 289 g/mol. The van der Waals surface area contributed by atoms with Gasteiger partial charge in [0.15, 0.2) is 0 Å². The summed E-state index contributed by atoms with van der Waals surface area (Å²) in [6.45, 7) is 0. The molecule has 2 N–H and O–H groups in total. The number of H-pyrrole nitrogens is 1. The molecule has 20 heavy (non-hydrogen) atoms. The summed E-state index contributed by atoms with van der Waals surface area (Å²) in [7, 11) is 0. The number of hydrogen-bond acceptors (Lipinski definition) is 1. The minimum absolute atomic E-state index is 0.157. The van der Waals surface area contributed by atoms with Crippen LogP contribution in [-0.2, 0) is 0 Å². The molecule has 0 radical (unpaired) electrons. The smallest absolute Gasteiger partial charge is 0.337 e. The van der Waals surface area contributed by atoms with Crippen LogP contribution in [0.2, 0.25) is 5.02 Å². The molecule has 0 spiro atoms. The fourth-order valence-electron chi connectivity index (χ4n) is 2.18. The van der Waals surface area contributed by atoms with Gasteiger partial charge in [-0.05, 0) is 35.9 Å². The number of hydrogen-bond donors (Lipinski definition) is 2. The highest BCUT2D eigenvalue weighted by molar-refractivity contribution is 6.30. The van der Waals surface area contributed by atoms with Crippen molar-refractivity contribution in [2.24, 2.45) is 0 Å². The highest BCUT2D eigenvalue weighted by atomic mass is 35.5. The van der Waals surface area contributed by atoms with Crippen LogP contribution in [0.5, 0.6) is 0 Å². The van der Waals surface area contributed by atoms with Crippen molar-refractivity contribution >= 4 is 28.5 Å². The Balaban J connectivity index is 2.24. The zero-order valence-corrected chi connectivity index (χ0v) is 10.9. The van der Waals surface area contributed by atoms with Crippen LogP contribution < -0.4 is 0 Å². The maximum absolute atomic E-state index is 13.9. The van der Waals surface area contributed by atoms with E-state index in [0.29, 0.717) is 27.1 Å². The van der Waals surface area contributed by atoms with Gasteiger partial charge < -0.3 is 10.1 Å². The first-order chi connectivity index (χ1) is 9.56. The third-order valence-electron chi connectivity index (χ3n) is 3.15. The molecule has 5 heteroatoms. The molecule has 0 aliphatic carbocycles. The molecule has 1 heterocycles. The molecule has 0 aliphatic rings. The van der Waals surface area contributed by atoms with Crippen LogP contribution in [-0.4, -0.2) is 16.1 Å². The topological polar surface area (TPSA) is 53.1 Å². The van der Waals surface area contributed by atoms with E-state index in [-0.39, 0.29) is 5.56 Å². The van der Waals surface area contributed by atoms with Gasteiger partial charge in [0, 0.05) is 27.7 Å². The molecule has 100 valence electrons. The Labute approximate surface area is 118 Å². The molecule has 0 saturated heterocycles. The summed E-state index contributed by atoms with van der Waals surface area (Å²) in [5, 5.41) is 10.1. The van der Waals surface area contributed by atoms with E-state index >= 15 is 0 Å². The van der Waals surface area contributed by atoms with E-state index in [0.717, 1.165) is 0 Å². The molecular weight excluding hydrogens is 281 g/mol. The lowest BCUT2D eigenvalue weighted by Gasteiger charge is -2.05. The van der Waals surface area contributed by atoms with Gasteiger partial charge in [0.2, 0.25) is 0 Å². The summed E-state index contributed by atoms with van der Waals surface area (Å²) in [5.41, 5.74) is 1.77. The zero-order valence-electron chi connectivity index (χ0n) is 10.2. The van der Waals surface area contributed by atoms with Crippen molar-refractivity contribution in [3.63, 3.8) is 0 Å². The number of rotatable bonds is 2. The van der Waals surface area contributed by atoms with Crippen LogP contribution in [0.25, 0.3) is 22.0 Å². The first-order valence-corrected chi connectivity index (χ1v) is 6.24.